The summed E-state index contributed by atoms with van der Waals surface area (Å²) in [6.45, 7) is 22.8. The lowest BCUT2D eigenvalue weighted by Crippen LogP contribution is -2.31. The molecule has 4 heteroatoms. The predicted octanol–water partition coefficient (Wildman–Crippen LogP) is 17.9. The van der Waals surface area contributed by atoms with Gasteiger partial charge in [-0.1, -0.05) is 139 Å². The van der Waals surface area contributed by atoms with Gasteiger partial charge in [-0.15, -0.1) is 11.3 Å². The topological polar surface area (TPSA) is 11.6 Å². The second-order valence-corrected chi connectivity index (χ2v) is 26.0. The maximum absolute atomic E-state index is 2.50. The summed E-state index contributed by atoms with van der Waals surface area (Å²) in [5, 5.41) is 2.64. The molecule has 4 aromatic heterocycles. The number of thiophene rings is 1. The van der Waals surface area contributed by atoms with Crippen LogP contribution in [0.4, 0.5) is 0 Å². The summed E-state index contributed by atoms with van der Waals surface area (Å²) in [5.74, 6) is 0. The van der Waals surface area contributed by atoms with E-state index in [0.29, 0.717) is 0 Å². The minimum atomic E-state index is 0.0762. The van der Waals surface area contributed by atoms with Crippen molar-refractivity contribution >= 4 is 31.5 Å². The molecule has 0 aliphatic heterocycles. The van der Waals surface area contributed by atoms with Crippen LogP contribution in [0.2, 0.25) is 0 Å². The molecule has 4 heterocycles. The van der Waals surface area contributed by atoms with E-state index in [1.54, 1.807) is 0 Å². The lowest BCUT2D eigenvalue weighted by molar-refractivity contribution is -0.660. The second kappa shape index (κ2) is 21.7. The number of benzene rings is 7. The van der Waals surface area contributed by atoms with Crippen molar-refractivity contribution in [3.05, 3.63) is 244 Å². The lowest BCUT2D eigenvalue weighted by atomic mass is 9.85. The quantitative estimate of drug-likeness (QED) is 0.108. The number of nitrogens with zero attached hydrogens (tertiary/aromatic N) is 3. The predicted molar refractivity (Wildman–Crippen MR) is 340 cm³/mol. The molecule has 400 valence electrons. The van der Waals surface area contributed by atoms with Gasteiger partial charge in [-0.3, -0.25) is 0 Å². The van der Waals surface area contributed by atoms with Crippen LogP contribution in [0.15, 0.2) is 188 Å². The van der Waals surface area contributed by atoms with Gasteiger partial charge in [-0.05, 0) is 190 Å². The summed E-state index contributed by atoms with van der Waals surface area (Å²) in [5.41, 5.74) is 28.5. The van der Waals surface area contributed by atoms with Gasteiger partial charge >= 0.3 is 0 Å². The minimum absolute atomic E-state index is 0.0762. The van der Waals surface area contributed by atoms with Gasteiger partial charge in [-0.25, -0.2) is 13.7 Å². The van der Waals surface area contributed by atoms with Gasteiger partial charge in [0.25, 0.3) is 0 Å². The Labute approximate surface area is 480 Å². The maximum atomic E-state index is 2.50. The van der Waals surface area contributed by atoms with Gasteiger partial charge < -0.3 is 0 Å². The summed E-state index contributed by atoms with van der Waals surface area (Å²) in [7, 11) is 6.49. The van der Waals surface area contributed by atoms with E-state index in [9.17, 15) is 0 Å². The molecule has 0 saturated carbocycles. The normalized spacial score (nSPS) is 12.0. The van der Waals surface area contributed by atoms with E-state index in [0.717, 1.165) is 25.7 Å². The maximum Gasteiger partial charge on any atom is 0.212 e. The van der Waals surface area contributed by atoms with Gasteiger partial charge in [0.15, 0.2) is 18.6 Å². The number of hydrogen-bond acceptors (Lipinski definition) is 1. The Balaban J connectivity index is 0.995. The summed E-state index contributed by atoms with van der Waals surface area (Å²) in [4.78, 5) is 0. The molecule has 0 aliphatic carbocycles. The summed E-state index contributed by atoms with van der Waals surface area (Å²) in [6.07, 6.45) is 10.4. The number of aryl methyl sites for hydroxylation is 11. The van der Waals surface area contributed by atoms with Crippen LogP contribution < -0.4 is 13.7 Å². The number of fused-ring (bicyclic) bond motifs is 3. The third-order valence-corrected chi connectivity index (χ3v) is 17.9. The van der Waals surface area contributed by atoms with E-state index in [1.807, 2.05) is 11.3 Å². The monoisotopic (exact) mass is 1060 g/mol. The zero-order valence-electron chi connectivity index (χ0n) is 49.5. The van der Waals surface area contributed by atoms with Crippen LogP contribution >= 0.6 is 11.3 Å². The van der Waals surface area contributed by atoms with Crippen molar-refractivity contribution in [1.29, 1.82) is 0 Å². The molecule has 0 fully saturated rings. The van der Waals surface area contributed by atoms with Gasteiger partial charge in [0.1, 0.15) is 21.1 Å². The van der Waals surface area contributed by atoms with Crippen molar-refractivity contribution in [2.24, 2.45) is 21.1 Å². The summed E-state index contributed by atoms with van der Waals surface area (Å²) in [6, 6.07) is 65.5. The summed E-state index contributed by atoms with van der Waals surface area (Å²) >= 11 is 1.89. The van der Waals surface area contributed by atoms with Crippen LogP contribution in [0.1, 0.15) is 97.2 Å². The van der Waals surface area contributed by atoms with Crippen molar-refractivity contribution in [3.8, 4) is 67.2 Å². The molecular formula is C76H78N3S+3. The van der Waals surface area contributed by atoms with E-state index in [2.05, 4.69) is 293 Å². The Kier molecular flexibility index (Phi) is 14.7. The van der Waals surface area contributed by atoms with Crippen LogP contribution in [0, 0.1) is 27.7 Å². The zero-order chi connectivity index (χ0) is 56.2. The number of rotatable bonds is 12. The highest BCUT2D eigenvalue weighted by Gasteiger charge is 2.24. The number of pyridine rings is 3. The first kappa shape index (κ1) is 54.2. The minimum Gasteiger partial charge on any atom is -0.201 e. The molecule has 0 saturated heterocycles. The molecule has 0 unspecified atom stereocenters. The molecule has 0 radical (unpaired) electrons. The van der Waals surface area contributed by atoms with Crippen molar-refractivity contribution in [1.82, 2.24) is 0 Å². The second-order valence-electron chi connectivity index (χ2n) is 24.9. The molecule has 0 spiro atoms. The van der Waals surface area contributed by atoms with Crippen molar-refractivity contribution < 1.29 is 13.7 Å². The van der Waals surface area contributed by atoms with E-state index in [4.69, 9.17) is 0 Å². The first-order valence-corrected chi connectivity index (χ1v) is 29.5. The van der Waals surface area contributed by atoms with Crippen LogP contribution in [0.3, 0.4) is 0 Å². The molecule has 11 aromatic rings. The standard InChI is InChI=1S/C76H78N3S/c1-49-22-33-70(79(13)48-49)67-47-68(57-29-32-66-65-20-16-17-21-73(65)80-74(66)44-57)69(40-52(67)4)64-19-15-14-18-63(64)58-42-55(25-23-53-27-30-61(50(2)38-53)71-45-59(75(5,6)7)34-36-77(71)11)41-56(43-58)26-24-54-28-31-62(51(3)39-54)72-46-60(76(8,9)10)35-37-78(72)12/h14-22,27-48H,23-26H2,1-13H3/q+3. The molecule has 11 rings (SSSR count). The Morgan fingerprint density at radius 2 is 0.887 bits per heavy atom. The van der Waals surface area contributed by atoms with Crippen molar-refractivity contribution in [2.45, 2.75) is 106 Å². The molecule has 0 amide bonds. The fourth-order valence-corrected chi connectivity index (χ4v) is 13.2. The first-order valence-electron chi connectivity index (χ1n) is 28.7. The van der Waals surface area contributed by atoms with Gasteiger partial charge in [0.05, 0.1) is 0 Å². The zero-order valence-corrected chi connectivity index (χ0v) is 50.3. The summed E-state index contributed by atoms with van der Waals surface area (Å²) < 4.78 is 9.43. The van der Waals surface area contributed by atoms with E-state index in [-0.39, 0.29) is 10.8 Å². The highest BCUT2D eigenvalue weighted by atomic mass is 32.1. The van der Waals surface area contributed by atoms with Crippen LogP contribution in [0.5, 0.6) is 0 Å². The molecule has 0 bridgehead atoms. The molecule has 3 nitrogen and oxygen atoms in total. The Bertz CT molecular complexity index is 4040. The van der Waals surface area contributed by atoms with Gasteiger partial charge in [-0.2, -0.15) is 0 Å². The molecule has 80 heavy (non-hydrogen) atoms. The highest BCUT2D eigenvalue weighted by molar-refractivity contribution is 7.25. The molecule has 0 aliphatic rings. The van der Waals surface area contributed by atoms with Crippen LogP contribution in [-0.4, -0.2) is 0 Å². The van der Waals surface area contributed by atoms with Crippen molar-refractivity contribution in [3.63, 3.8) is 0 Å². The van der Waals surface area contributed by atoms with E-state index < -0.39 is 0 Å². The third-order valence-electron chi connectivity index (χ3n) is 16.8. The SMILES string of the molecule is Cc1ccc(-c2cc(-c3ccc4c(c3)sc3ccccc34)c(-c3ccccc3-c3cc(CCc4ccc(-c5cc(C(C)(C)C)cc[n+]5C)c(C)c4)cc(CCc4ccc(-c5cc(C(C)(C)C)cc[n+]5C)c(C)c4)c3)cc2C)[n+](C)c1. The Morgan fingerprint density at radius 1 is 0.350 bits per heavy atom. The number of aromatic nitrogens is 3. The Hall–Kier alpha value is -7.79. The fourth-order valence-electron chi connectivity index (χ4n) is 12.1. The smallest absolute Gasteiger partial charge is 0.201 e. The largest absolute Gasteiger partial charge is 0.212 e. The van der Waals surface area contributed by atoms with Gasteiger partial charge in [0.2, 0.25) is 17.1 Å². The van der Waals surface area contributed by atoms with Gasteiger partial charge in [0, 0.05) is 72.8 Å². The van der Waals surface area contributed by atoms with E-state index >= 15 is 0 Å². The average Bonchev–Trinajstić information content (AvgIpc) is 3.90. The third kappa shape index (κ3) is 11.1. The van der Waals surface area contributed by atoms with Crippen LogP contribution in [0.25, 0.3) is 87.3 Å². The molecular weight excluding hydrogens is 987 g/mol. The lowest BCUT2D eigenvalue weighted by Gasteiger charge is -2.19. The Morgan fingerprint density at radius 3 is 1.46 bits per heavy atom. The fraction of sp³-hybridized carbons (Fsp3) is 0.250. The molecule has 7 aromatic carbocycles. The molecule has 0 atom stereocenters. The van der Waals surface area contributed by atoms with Crippen molar-refractivity contribution in [2.75, 3.05) is 0 Å². The number of hydrogen-bond donors (Lipinski definition) is 0. The average molecular weight is 1070 g/mol. The molecule has 0 N–H and O–H groups in total. The van der Waals surface area contributed by atoms with Crippen LogP contribution in [-0.2, 0) is 57.7 Å². The first-order chi connectivity index (χ1) is 38.2. The van der Waals surface area contributed by atoms with E-state index in [1.165, 1.54) is 143 Å². The highest BCUT2D eigenvalue weighted by Crippen LogP contribution is 2.44.